The molecule has 0 atom stereocenters. The highest BCUT2D eigenvalue weighted by Crippen LogP contribution is 2.40. The highest BCUT2D eigenvalue weighted by molar-refractivity contribution is 14.1. The Hall–Kier alpha value is -2.16. The van der Waals surface area contributed by atoms with Gasteiger partial charge >= 0.3 is 6.03 Å². The second-order valence-electron chi connectivity index (χ2n) is 5.19. The van der Waals surface area contributed by atoms with Gasteiger partial charge in [-0.05, 0) is 67.6 Å². The van der Waals surface area contributed by atoms with Gasteiger partial charge in [-0.15, -0.1) is 0 Å². The highest BCUT2D eigenvalue weighted by atomic mass is 127. The summed E-state index contributed by atoms with van der Waals surface area (Å²) in [6, 6.07) is 10.6. The number of rotatable bonds is 8. The Morgan fingerprint density at radius 1 is 0.846 bits per heavy atom. The molecule has 0 fully saturated rings. The van der Waals surface area contributed by atoms with E-state index in [1.807, 2.05) is 45.0 Å². The molecule has 0 aliphatic carbocycles. The molecule has 2 rings (SSSR count). The predicted molar refractivity (Wildman–Crippen MR) is 112 cm³/mol. The van der Waals surface area contributed by atoms with Crippen LogP contribution in [0, 0.1) is 3.57 Å². The number of anilines is 2. The van der Waals surface area contributed by atoms with Crippen LogP contribution in [0.1, 0.15) is 20.8 Å². The van der Waals surface area contributed by atoms with Crippen LogP contribution in [-0.2, 0) is 0 Å². The van der Waals surface area contributed by atoms with Crippen molar-refractivity contribution in [3.05, 3.63) is 40.0 Å². The van der Waals surface area contributed by atoms with Crippen LogP contribution in [0.15, 0.2) is 36.4 Å². The SMILES string of the molecule is CCOc1cc(NC(=O)Nc2ccc(I)cc2)cc(OCC)c1OCC. The lowest BCUT2D eigenvalue weighted by atomic mass is 10.2. The Bertz CT molecular complexity index is 708. The summed E-state index contributed by atoms with van der Waals surface area (Å²) in [4.78, 5) is 12.3. The number of halogens is 1. The molecule has 0 saturated heterocycles. The zero-order valence-electron chi connectivity index (χ0n) is 15.1. The number of urea groups is 1. The number of amides is 2. The zero-order chi connectivity index (χ0) is 18.9. The lowest BCUT2D eigenvalue weighted by molar-refractivity contribution is 0.260. The number of benzene rings is 2. The molecule has 0 radical (unpaired) electrons. The van der Waals surface area contributed by atoms with E-state index in [0.717, 1.165) is 3.57 Å². The van der Waals surface area contributed by atoms with Gasteiger partial charge < -0.3 is 24.8 Å². The summed E-state index contributed by atoms with van der Waals surface area (Å²) >= 11 is 2.21. The third kappa shape index (κ3) is 5.69. The molecule has 0 spiro atoms. The lowest BCUT2D eigenvalue weighted by Gasteiger charge is -2.17. The summed E-state index contributed by atoms with van der Waals surface area (Å²) in [6.07, 6.45) is 0. The Morgan fingerprint density at radius 3 is 1.85 bits per heavy atom. The Balaban J connectivity index is 2.21. The van der Waals surface area contributed by atoms with Crippen LogP contribution in [0.25, 0.3) is 0 Å². The first kappa shape index (κ1) is 20.2. The number of carbonyl (C=O) groups is 1. The molecule has 0 heterocycles. The third-order valence-electron chi connectivity index (χ3n) is 3.27. The van der Waals surface area contributed by atoms with Crippen molar-refractivity contribution in [2.75, 3.05) is 30.5 Å². The van der Waals surface area contributed by atoms with Gasteiger partial charge in [0.15, 0.2) is 11.5 Å². The molecular weight excluding hydrogens is 447 g/mol. The largest absolute Gasteiger partial charge is 0.490 e. The van der Waals surface area contributed by atoms with Crippen molar-refractivity contribution in [1.82, 2.24) is 0 Å². The number of hydrogen-bond acceptors (Lipinski definition) is 4. The minimum absolute atomic E-state index is 0.347. The molecule has 2 amide bonds. The minimum atomic E-state index is -0.347. The van der Waals surface area contributed by atoms with Gasteiger partial charge in [-0.25, -0.2) is 4.79 Å². The lowest BCUT2D eigenvalue weighted by Crippen LogP contribution is -2.19. The van der Waals surface area contributed by atoms with Gasteiger partial charge in [0.2, 0.25) is 5.75 Å². The molecule has 0 bridgehead atoms. The standard InChI is InChI=1S/C19H23IN2O4/c1-4-24-16-11-15(12-17(25-5-2)18(16)26-6-3)22-19(23)21-14-9-7-13(20)8-10-14/h7-12H,4-6H2,1-3H3,(H2,21,22,23). The monoisotopic (exact) mass is 470 g/mol. The normalized spacial score (nSPS) is 10.2. The average Bonchev–Trinajstić information content (AvgIpc) is 2.60. The van der Waals surface area contributed by atoms with Crippen LogP contribution in [-0.4, -0.2) is 25.9 Å². The summed E-state index contributed by atoms with van der Waals surface area (Å²) in [5.41, 5.74) is 1.27. The number of ether oxygens (including phenoxy) is 3. The van der Waals surface area contributed by atoms with E-state index >= 15 is 0 Å². The Kier molecular flexibility index (Phi) is 7.83. The van der Waals surface area contributed by atoms with E-state index in [1.165, 1.54) is 0 Å². The maximum atomic E-state index is 12.3. The topological polar surface area (TPSA) is 68.8 Å². The van der Waals surface area contributed by atoms with Crippen molar-refractivity contribution in [2.45, 2.75) is 20.8 Å². The van der Waals surface area contributed by atoms with Gasteiger partial charge in [0.25, 0.3) is 0 Å². The molecule has 0 aliphatic rings. The smallest absolute Gasteiger partial charge is 0.323 e. The van der Waals surface area contributed by atoms with Crippen molar-refractivity contribution in [2.24, 2.45) is 0 Å². The number of hydrogen-bond donors (Lipinski definition) is 2. The van der Waals surface area contributed by atoms with Crippen molar-refractivity contribution in [1.29, 1.82) is 0 Å². The molecule has 2 N–H and O–H groups in total. The molecule has 2 aromatic carbocycles. The maximum absolute atomic E-state index is 12.3. The molecule has 2 aromatic rings. The zero-order valence-corrected chi connectivity index (χ0v) is 17.3. The molecule has 26 heavy (non-hydrogen) atoms. The number of nitrogens with one attached hydrogen (secondary N) is 2. The third-order valence-corrected chi connectivity index (χ3v) is 3.99. The molecule has 0 unspecified atom stereocenters. The van der Waals surface area contributed by atoms with Crippen LogP contribution in [0.5, 0.6) is 17.2 Å². The second kappa shape index (κ2) is 10.1. The van der Waals surface area contributed by atoms with Gasteiger partial charge in [-0.3, -0.25) is 0 Å². The fourth-order valence-corrected chi connectivity index (χ4v) is 2.65. The van der Waals surface area contributed by atoms with Crippen LogP contribution in [0.3, 0.4) is 0 Å². The van der Waals surface area contributed by atoms with Gasteiger partial charge in [0, 0.05) is 21.4 Å². The van der Waals surface area contributed by atoms with E-state index in [9.17, 15) is 4.79 Å². The summed E-state index contributed by atoms with van der Waals surface area (Å²) in [5, 5.41) is 5.60. The molecule has 0 aromatic heterocycles. The van der Waals surface area contributed by atoms with Crippen LogP contribution in [0.2, 0.25) is 0 Å². The summed E-state index contributed by atoms with van der Waals surface area (Å²) in [6.45, 7) is 7.11. The first-order chi connectivity index (χ1) is 12.6. The van der Waals surface area contributed by atoms with Gasteiger partial charge in [0.05, 0.1) is 25.5 Å². The highest BCUT2D eigenvalue weighted by Gasteiger charge is 2.16. The van der Waals surface area contributed by atoms with Crippen molar-refractivity contribution in [3.63, 3.8) is 0 Å². The van der Waals surface area contributed by atoms with Crippen LogP contribution in [0.4, 0.5) is 16.2 Å². The van der Waals surface area contributed by atoms with E-state index in [2.05, 4.69) is 33.2 Å². The Labute approximate surface area is 167 Å². The molecule has 0 aliphatic heterocycles. The fourth-order valence-electron chi connectivity index (χ4n) is 2.29. The van der Waals surface area contributed by atoms with E-state index in [-0.39, 0.29) is 6.03 Å². The van der Waals surface area contributed by atoms with E-state index in [1.54, 1.807) is 12.1 Å². The second-order valence-corrected chi connectivity index (χ2v) is 6.43. The molecule has 7 heteroatoms. The van der Waals surface area contributed by atoms with Crippen LogP contribution >= 0.6 is 22.6 Å². The fraction of sp³-hybridized carbons (Fsp3) is 0.316. The Morgan fingerprint density at radius 2 is 1.35 bits per heavy atom. The average molecular weight is 470 g/mol. The van der Waals surface area contributed by atoms with Crippen molar-refractivity contribution in [3.8, 4) is 17.2 Å². The first-order valence-electron chi connectivity index (χ1n) is 8.47. The van der Waals surface area contributed by atoms with E-state index in [4.69, 9.17) is 14.2 Å². The first-order valence-corrected chi connectivity index (χ1v) is 9.55. The predicted octanol–water partition coefficient (Wildman–Crippen LogP) is 5.13. The maximum Gasteiger partial charge on any atom is 0.323 e. The van der Waals surface area contributed by atoms with Gasteiger partial charge in [-0.2, -0.15) is 0 Å². The van der Waals surface area contributed by atoms with Gasteiger partial charge in [0.1, 0.15) is 0 Å². The molecular formula is C19H23IN2O4. The van der Waals surface area contributed by atoms with Crippen molar-refractivity contribution >= 4 is 40.0 Å². The molecule has 140 valence electrons. The summed E-state index contributed by atoms with van der Waals surface area (Å²) in [5.74, 6) is 1.61. The molecule has 6 nitrogen and oxygen atoms in total. The van der Waals surface area contributed by atoms with Gasteiger partial charge in [-0.1, -0.05) is 0 Å². The summed E-state index contributed by atoms with van der Waals surface area (Å²) < 4.78 is 18.1. The quantitative estimate of drug-likeness (QED) is 0.525. The summed E-state index contributed by atoms with van der Waals surface area (Å²) in [7, 11) is 0. The van der Waals surface area contributed by atoms with E-state index in [0.29, 0.717) is 48.4 Å². The van der Waals surface area contributed by atoms with Crippen LogP contribution < -0.4 is 24.8 Å². The molecule has 0 saturated carbocycles. The van der Waals surface area contributed by atoms with Crippen molar-refractivity contribution < 1.29 is 19.0 Å². The number of carbonyl (C=O) groups excluding carboxylic acids is 1. The minimum Gasteiger partial charge on any atom is -0.490 e. The van der Waals surface area contributed by atoms with E-state index < -0.39 is 0 Å².